The van der Waals surface area contributed by atoms with E-state index >= 15 is 0 Å². The van der Waals surface area contributed by atoms with Crippen molar-refractivity contribution < 1.29 is 8.42 Å². The van der Waals surface area contributed by atoms with Crippen LogP contribution in [0.5, 0.6) is 0 Å². The Balaban J connectivity index is 2.06. The van der Waals surface area contributed by atoms with Crippen LogP contribution in [0.3, 0.4) is 0 Å². The number of nitrogens with zero attached hydrogens (tertiary/aromatic N) is 1. The van der Waals surface area contributed by atoms with Crippen LogP contribution in [0.25, 0.3) is 0 Å². The van der Waals surface area contributed by atoms with Gasteiger partial charge in [-0.2, -0.15) is 0 Å². The highest BCUT2D eigenvalue weighted by molar-refractivity contribution is 7.89. The lowest BCUT2D eigenvalue weighted by Gasteiger charge is -2.20. The Morgan fingerprint density at radius 1 is 1.39 bits per heavy atom. The molecule has 0 saturated carbocycles. The summed E-state index contributed by atoms with van der Waals surface area (Å²) in [6.45, 7) is 3.36. The minimum Gasteiger partial charge on any atom is -0.302 e. The first-order valence-corrected chi connectivity index (χ1v) is 7.74. The van der Waals surface area contributed by atoms with Gasteiger partial charge in [-0.15, -0.1) is 0 Å². The number of sulfonamides is 1. The zero-order valence-electron chi connectivity index (χ0n) is 10.9. The number of nitrogens with one attached hydrogen (secondary N) is 1. The number of hydrogen-bond acceptors (Lipinski definition) is 3. The number of benzene rings is 1. The summed E-state index contributed by atoms with van der Waals surface area (Å²) >= 11 is 0. The van der Waals surface area contributed by atoms with Crippen molar-refractivity contribution in [2.45, 2.75) is 30.7 Å². The molecule has 1 heterocycles. The topological polar surface area (TPSA) is 49.4 Å². The Hall–Kier alpha value is -0.910. The number of likely N-dealkylation sites (tertiary alicyclic amines) is 1. The summed E-state index contributed by atoms with van der Waals surface area (Å²) in [6, 6.07) is 7.39. The zero-order valence-corrected chi connectivity index (χ0v) is 11.7. The lowest BCUT2D eigenvalue weighted by atomic mass is 10.2. The molecule has 1 saturated heterocycles. The zero-order chi connectivity index (χ0) is 13.2. The average Bonchev–Trinajstić information content (AvgIpc) is 2.73. The Bertz CT molecular complexity index is 513. The lowest BCUT2D eigenvalue weighted by Crippen LogP contribution is -2.38. The van der Waals surface area contributed by atoms with Crippen LogP contribution >= 0.6 is 0 Å². The van der Waals surface area contributed by atoms with Gasteiger partial charge in [0.1, 0.15) is 0 Å². The molecule has 0 spiro atoms. The molecule has 1 N–H and O–H groups in total. The van der Waals surface area contributed by atoms with Crippen LogP contribution in [-0.4, -0.2) is 39.5 Å². The molecule has 1 aromatic carbocycles. The number of rotatable bonds is 4. The molecular formula is C13H20N2O2S. The van der Waals surface area contributed by atoms with E-state index in [0.717, 1.165) is 24.9 Å². The second kappa shape index (κ2) is 5.38. The fourth-order valence-electron chi connectivity index (χ4n) is 2.38. The molecular weight excluding hydrogens is 248 g/mol. The smallest absolute Gasteiger partial charge is 0.240 e. The minimum absolute atomic E-state index is 0.323. The molecule has 1 aliphatic heterocycles. The Morgan fingerprint density at radius 2 is 2.11 bits per heavy atom. The fraction of sp³-hybridized carbons (Fsp3) is 0.538. The van der Waals surface area contributed by atoms with E-state index in [2.05, 4.69) is 9.62 Å². The molecule has 18 heavy (non-hydrogen) atoms. The summed E-state index contributed by atoms with van der Waals surface area (Å²) in [5, 5.41) is 0. The van der Waals surface area contributed by atoms with Gasteiger partial charge in [0.05, 0.1) is 4.90 Å². The molecule has 100 valence electrons. The van der Waals surface area contributed by atoms with Crippen LogP contribution in [0, 0.1) is 6.92 Å². The number of aryl methyl sites for hydroxylation is 1. The molecule has 1 atom stereocenters. The van der Waals surface area contributed by atoms with E-state index in [-0.39, 0.29) is 0 Å². The number of hydrogen-bond donors (Lipinski definition) is 1. The molecule has 5 heteroatoms. The molecule has 0 radical (unpaired) electrons. The van der Waals surface area contributed by atoms with Gasteiger partial charge >= 0.3 is 0 Å². The quantitative estimate of drug-likeness (QED) is 0.897. The van der Waals surface area contributed by atoms with Crippen molar-refractivity contribution in [1.82, 2.24) is 9.62 Å². The second-order valence-electron chi connectivity index (χ2n) is 4.89. The maximum atomic E-state index is 12.2. The van der Waals surface area contributed by atoms with Crippen LogP contribution in [0.15, 0.2) is 29.2 Å². The van der Waals surface area contributed by atoms with Crippen molar-refractivity contribution >= 4 is 10.0 Å². The van der Waals surface area contributed by atoms with E-state index in [4.69, 9.17) is 0 Å². The number of likely N-dealkylation sites (N-methyl/N-ethyl adjacent to an activating group) is 1. The molecule has 0 bridgehead atoms. The van der Waals surface area contributed by atoms with Gasteiger partial charge in [-0.3, -0.25) is 0 Å². The molecule has 1 aromatic rings. The molecule has 0 aromatic heterocycles. The average molecular weight is 268 g/mol. The van der Waals surface area contributed by atoms with Gasteiger partial charge in [-0.05, 0) is 45.0 Å². The van der Waals surface area contributed by atoms with Crippen molar-refractivity contribution in [1.29, 1.82) is 0 Å². The van der Waals surface area contributed by atoms with Gasteiger partial charge in [-0.1, -0.05) is 18.2 Å². The van der Waals surface area contributed by atoms with Crippen molar-refractivity contribution in [3.8, 4) is 0 Å². The molecule has 0 amide bonds. The first kappa shape index (κ1) is 13.5. The summed E-state index contributed by atoms with van der Waals surface area (Å²) < 4.78 is 27.1. The molecule has 0 aliphatic carbocycles. The largest absolute Gasteiger partial charge is 0.302 e. The van der Waals surface area contributed by atoms with E-state index in [1.807, 2.05) is 26.1 Å². The predicted molar refractivity (Wildman–Crippen MR) is 72.0 cm³/mol. The minimum atomic E-state index is -3.38. The van der Waals surface area contributed by atoms with Gasteiger partial charge in [0, 0.05) is 12.6 Å². The van der Waals surface area contributed by atoms with E-state index in [1.54, 1.807) is 12.1 Å². The summed E-state index contributed by atoms with van der Waals surface area (Å²) in [6.07, 6.45) is 2.21. The van der Waals surface area contributed by atoms with E-state index in [1.165, 1.54) is 0 Å². The summed E-state index contributed by atoms with van der Waals surface area (Å²) in [4.78, 5) is 2.59. The maximum absolute atomic E-state index is 12.2. The Morgan fingerprint density at radius 3 is 2.72 bits per heavy atom. The summed E-state index contributed by atoms with van der Waals surface area (Å²) in [5.74, 6) is 0. The first-order chi connectivity index (χ1) is 8.50. The highest BCUT2D eigenvalue weighted by Crippen LogP contribution is 2.16. The fourth-order valence-corrected chi connectivity index (χ4v) is 3.70. The first-order valence-electron chi connectivity index (χ1n) is 6.26. The second-order valence-corrected chi connectivity index (χ2v) is 6.63. The van der Waals surface area contributed by atoms with Gasteiger partial charge in [0.2, 0.25) is 10.0 Å². The molecule has 4 nitrogen and oxygen atoms in total. The Kier molecular flexibility index (Phi) is 4.04. The Labute approximate surface area is 109 Å². The van der Waals surface area contributed by atoms with E-state index < -0.39 is 10.0 Å². The van der Waals surface area contributed by atoms with Gasteiger partial charge < -0.3 is 4.90 Å². The third-order valence-corrected chi connectivity index (χ3v) is 5.15. The van der Waals surface area contributed by atoms with Gasteiger partial charge in [-0.25, -0.2) is 13.1 Å². The van der Waals surface area contributed by atoms with Crippen LogP contribution in [0.4, 0.5) is 0 Å². The van der Waals surface area contributed by atoms with Gasteiger partial charge in [0.25, 0.3) is 0 Å². The predicted octanol–water partition coefficient (Wildman–Crippen LogP) is 1.37. The third-order valence-electron chi connectivity index (χ3n) is 3.56. The molecule has 1 unspecified atom stereocenters. The van der Waals surface area contributed by atoms with Crippen molar-refractivity contribution in [3.63, 3.8) is 0 Å². The summed E-state index contributed by atoms with van der Waals surface area (Å²) in [5.41, 5.74) is 0.782. The molecule has 2 rings (SSSR count). The van der Waals surface area contributed by atoms with E-state index in [0.29, 0.717) is 17.5 Å². The van der Waals surface area contributed by atoms with Crippen molar-refractivity contribution in [3.05, 3.63) is 29.8 Å². The summed E-state index contributed by atoms with van der Waals surface area (Å²) in [7, 11) is -1.34. The van der Waals surface area contributed by atoms with Crippen LogP contribution in [-0.2, 0) is 10.0 Å². The van der Waals surface area contributed by atoms with Crippen molar-refractivity contribution in [2.75, 3.05) is 20.1 Å². The molecule has 1 fully saturated rings. The standard InChI is InChI=1S/C13H20N2O2S/c1-11-6-3-4-8-13(11)18(16,17)14-10-12-7-5-9-15(12)2/h3-4,6,8,12,14H,5,7,9-10H2,1-2H3. The van der Waals surface area contributed by atoms with Crippen LogP contribution in [0.2, 0.25) is 0 Å². The monoisotopic (exact) mass is 268 g/mol. The lowest BCUT2D eigenvalue weighted by molar-refractivity contribution is 0.311. The van der Waals surface area contributed by atoms with Crippen LogP contribution < -0.4 is 4.72 Å². The van der Waals surface area contributed by atoms with Gasteiger partial charge in [0.15, 0.2) is 0 Å². The SMILES string of the molecule is Cc1ccccc1S(=O)(=O)NCC1CCCN1C. The highest BCUT2D eigenvalue weighted by Gasteiger charge is 2.23. The van der Waals surface area contributed by atoms with Crippen molar-refractivity contribution in [2.24, 2.45) is 0 Å². The highest BCUT2D eigenvalue weighted by atomic mass is 32.2. The maximum Gasteiger partial charge on any atom is 0.240 e. The van der Waals surface area contributed by atoms with Crippen LogP contribution in [0.1, 0.15) is 18.4 Å². The third kappa shape index (κ3) is 2.91. The molecule has 1 aliphatic rings. The van der Waals surface area contributed by atoms with E-state index in [9.17, 15) is 8.42 Å². The normalized spacial score (nSPS) is 21.3.